The van der Waals surface area contributed by atoms with Crippen molar-refractivity contribution in [2.75, 3.05) is 5.32 Å². The zero-order valence-corrected chi connectivity index (χ0v) is 11.2. The lowest BCUT2D eigenvalue weighted by Crippen LogP contribution is -1.98. The zero-order valence-electron chi connectivity index (χ0n) is 11.2. The maximum absolute atomic E-state index is 13.6. The molecule has 19 heavy (non-hydrogen) atoms. The van der Waals surface area contributed by atoms with Crippen molar-refractivity contribution in [2.24, 2.45) is 0 Å². The zero-order chi connectivity index (χ0) is 14.0. The van der Waals surface area contributed by atoms with Crippen molar-refractivity contribution in [2.45, 2.75) is 20.8 Å². The van der Waals surface area contributed by atoms with Crippen LogP contribution in [0.4, 0.5) is 15.8 Å². The smallest absolute Gasteiger partial charge is 0.143 e. The molecule has 1 N–H and O–H groups in total. The number of halogens is 1. The minimum Gasteiger partial charge on any atom is -0.355 e. The van der Waals surface area contributed by atoms with Crippen molar-refractivity contribution in [3.05, 3.63) is 58.4 Å². The molecular formula is C16H15FN2. The van der Waals surface area contributed by atoms with E-state index < -0.39 is 5.82 Å². The first-order valence-electron chi connectivity index (χ1n) is 6.06. The third-order valence-corrected chi connectivity index (χ3v) is 3.04. The maximum Gasteiger partial charge on any atom is 0.143 e. The summed E-state index contributed by atoms with van der Waals surface area (Å²) in [5.74, 6) is -0.505. The Balaban J connectivity index is 2.37. The first-order valence-corrected chi connectivity index (χ1v) is 6.06. The van der Waals surface area contributed by atoms with Gasteiger partial charge in [-0.25, -0.2) is 4.39 Å². The number of benzene rings is 2. The van der Waals surface area contributed by atoms with Gasteiger partial charge >= 0.3 is 0 Å². The number of aryl methyl sites for hydroxylation is 3. The first kappa shape index (κ1) is 13.1. The molecule has 0 saturated heterocycles. The van der Waals surface area contributed by atoms with Gasteiger partial charge in [-0.2, -0.15) is 5.26 Å². The highest BCUT2D eigenvalue weighted by atomic mass is 19.1. The third kappa shape index (κ3) is 2.74. The van der Waals surface area contributed by atoms with E-state index in [-0.39, 0.29) is 5.56 Å². The van der Waals surface area contributed by atoms with E-state index in [0.717, 1.165) is 16.8 Å². The number of hydrogen-bond acceptors (Lipinski definition) is 2. The highest BCUT2D eigenvalue weighted by Crippen LogP contribution is 2.26. The summed E-state index contributed by atoms with van der Waals surface area (Å²) in [5.41, 5.74) is 5.11. The summed E-state index contributed by atoms with van der Waals surface area (Å²) in [5, 5.41) is 11.9. The molecule has 2 aromatic carbocycles. The number of hydrogen-bond donors (Lipinski definition) is 1. The minimum atomic E-state index is -0.505. The van der Waals surface area contributed by atoms with Gasteiger partial charge in [0.15, 0.2) is 0 Å². The van der Waals surface area contributed by atoms with Crippen LogP contribution in [-0.2, 0) is 0 Å². The molecule has 0 aliphatic rings. The Morgan fingerprint density at radius 3 is 2.21 bits per heavy atom. The van der Waals surface area contributed by atoms with Gasteiger partial charge in [-0.15, -0.1) is 0 Å². The summed E-state index contributed by atoms with van der Waals surface area (Å²) in [6.07, 6.45) is 0. The van der Waals surface area contributed by atoms with Gasteiger partial charge in [-0.3, -0.25) is 0 Å². The lowest BCUT2D eigenvalue weighted by molar-refractivity contribution is 0.624. The van der Waals surface area contributed by atoms with Gasteiger partial charge in [0.25, 0.3) is 0 Å². The monoisotopic (exact) mass is 254 g/mol. The van der Waals surface area contributed by atoms with Crippen LogP contribution in [0.15, 0.2) is 30.3 Å². The molecule has 0 aliphatic carbocycles. The number of nitriles is 1. The Morgan fingerprint density at radius 2 is 1.68 bits per heavy atom. The van der Waals surface area contributed by atoms with Crippen LogP contribution in [0.3, 0.4) is 0 Å². The Labute approximate surface area is 112 Å². The lowest BCUT2D eigenvalue weighted by Gasteiger charge is -2.14. The fourth-order valence-electron chi connectivity index (χ4n) is 2.21. The van der Waals surface area contributed by atoms with Crippen LogP contribution in [0, 0.1) is 37.9 Å². The molecule has 0 saturated carbocycles. The first-order chi connectivity index (χ1) is 9.01. The average Bonchev–Trinajstić information content (AvgIpc) is 2.34. The van der Waals surface area contributed by atoms with Gasteiger partial charge < -0.3 is 5.32 Å². The fraction of sp³-hybridized carbons (Fsp3) is 0.188. The van der Waals surface area contributed by atoms with Crippen LogP contribution >= 0.6 is 0 Å². The molecule has 0 fully saturated rings. The number of rotatable bonds is 2. The Morgan fingerprint density at radius 1 is 1.05 bits per heavy atom. The van der Waals surface area contributed by atoms with E-state index in [9.17, 15) is 4.39 Å². The van der Waals surface area contributed by atoms with Crippen molar-refractivity contribution in [1.82, 2.24) is 0 Å². The predicted molar refractivity (Wildman–Crippen MR) is 75.1 cm³/mol. The van der Waals surface area contributed by atoms with Crippen LogP contribution < -0.4 is 5.32 Å². The van der Waals surface area contributed by atoms with Crippen molar-refractivity contribution < 1.29 is 4.39 Å². The molecule has 0 unspecified atom stereocenters. The SMILES string of the molecule is Cc1cc(C)c(Nc2ccc(C#N)c(F)c2)c(C)c1. The second-order valence-corrected chi connectivity index (χ2v) is 4.71. The quantitative estimate of drug-likeness (QED) is 0.864. The summed E-state index contributed by atoms with van der Waals surface area (Å²) in [6, 6.07) is 10.5. The van der Waals surface area contributed by atoms with Gasteiger partial charge in [0, 0.05) is 11.4 Å². The summed E-state index contributed by atoms with van der Waals surface area (Å²) < 4.78 is 13.6. The molecule has 0 spiro atoms. The summed E-state index contributed by atoms with van der Waals surface area (Å²) in [6.45, 7) is 6.08. The summed E-state index contributed by atoms with van der Waals surface area (Å²) >= 11 is 0. The van der Waals surface area contributed by atoms with Crippen LogP contribution in [0.1, 0.15) is 22.3 Å². The summed E-state index contributed by atoms with van der Waals surface area (Å²) in [7, 11) is 0. The molecule has 96 valence electrons. The van der Waals surface area contributed by atoms with Gasteiger partial charge in [-0.1, -0.05) is 17.7 Å². The van der Waals surface area contributed by atoms with E-state index in [1.807, 2.05) is 26.8 Å². The van der Waals surface area contributed by atoms with E-state index in [0.29, 0.717) is 5.69 Å². The highest BCUT2D eigenvalue weighted by molar-refractivity contribution is 5.67. The van der Waals surface area contributed by atoms with Crippen molar-refractivity contribution >= 4 is 11.4 Å². The average molecular weight is 254 g/mol. The van der Waals surface area contributed by atoms with E-state index in [4.69, 9.17) is 5.26 Å². The normalized spacial score (nSPS) is 10.1. The van der Waals surface area contributed by atoms with Gasteiger partial charge in [0.2, 0.25) is 0 Å². The molecule has 2 rings (SSSR count). The second-order valence-electron chi connectivity index (χ2n) is 4.71. The van der Waals surface area contributed by atoms with E-state index in [1.165, 1.54) is 17.7 Å². The molecular weight excluding hydrogens is 239 g/mol. The molecule has 0 bridgehead atoms. The summed E-state index contributed by atoms with van der Waals surface area (Å²) in [4.78, 5) is 0. The standard InChI is InChI=1S/C16H15FN2/c1-10-6-11(2)16(12(3)7-10)19-14-5-4-13(9-18)15(17)8-14/h4-8,19H,1-3H3. The Bertz CT molecular complexity index is 646. The minimum absolute atomic E-state index is 0.0582. The topological polar surface area (TPSA) is 35.8 Å². The van der Waals surface area contributed by atoms with Gasteiger partial charge in [0.05, 0.1) is 5.56 Å². The van der Waals surface area contributed by atoms with E-state index in [2.05, 4.69) is 17.4 Å². The van der Waals surface area contributed by atoms with Gasteiger partial charge in [-0.05, 0) is 50.1 Å². The fourth-order valence-corrected chi connectivity index (χ4v) is 2.21. The lowest BCUT2D eigenvalue weighted by atomic mass is 10.0. The Hall–Kier alpha value is -2.34. The predicted octanol–water partition coefficient (Wildman–Crippen LogP) is 4.37. The molecule has 0 aromatic heterocycles. The molecule has 0 amide bonds. The van der Waals surface area contributed by atoms with Crippen LogP contribution in [-0.4, -0.2) is 0 Å². The third-order valence-electron chi connectivity index (χ3n) is 3.04. The second kappa shape index (κ2) is 5.11. The van der Waals surface area contributed by atoms with Crippen molar-refractivity contribution in [3.8, 4) is 6.07 Å². The van der Waals surface area contributed by atoms with Crippen LogP contribution in [0.25, 0.3) is 0 Å². The molecule has 0 radical (unpaired) electrons. The van der Waals surface area contributed by atoms with Crippen LogP contribution in [0.2, 0.25) is 0 Å². The molecule has 0 heterocycles. The number of anilines is 2. The van der Waals surface area contributed by atoms with E-state index >= 15 is 0 Å². The van der Waals surface area contributed by atoms with Crippen LogP contribution in [0.5, 0.6) is 0 Å². The molecule has 0 aliphatic heterocycles. The van der Waals surface area contributed by atoms with E-state index in [1.54, 1.807) is 6.07 Å². The van der Waals surface area contributed by atoms with Crippen molar-refractivity contribution in [3.63, 3.8) is 0 Å². The number of nitrogens with zero attached hydrogens (tertiary/aromatic N) is 1. The van der Waals surface area contributed by atoms with Crippen molar-refractivity contribution in [1.29, 1.82) is 5.26 Å². The van der Waals surface area contributed by atoms with Gasteiger partial charge in [0.1, 0.15) is 11.9 Å². The molecule has 2 aromatic rings. The molecule has 0 atom stereocenters. The maximum atomic E-state index is 13.6. The highest BCUT2D eigenvalue weighted by Gasteiger charge is 2.06. The number of nitrogens with one attached hydrogen (secondary N) is 1. The Kier molecular flexibility index (Phi) is 3.52. The largest absolute Gasteiger partial charge is 0.355 e. The molecule has 3 heteroatoms. The molecule has 2 nitrogen and oxygen atoms in total.